The minimum absolute atomic E-state index is 0.0382. The van der Waals surface area contributed by atoms with Gasteiger partial charge in [-0.05, 0) is 13.0 Å². The van der Waals surface area contributed by atoms with Crippen LogP contribution in [0.5, 0.6) is 0 Å². The number of hydrogen-bond acceptors (Lipinski definition) is 9. The number of hydrogen-bond donors (Lipinski definition) is 7. The minimum Gasteiger partial charge on any atom is -0.479 e. The van der Waals surface area contributed by atoms with Crippen molar-refractivity contribution in [1.82, 2.24) is 0 Å². The van der Waals surface area contributed by atoms with Crippen molar-refractivity contribution in [2.24, 2.45) is 22.4 Å². The summed E-state index contributed by atoms with van der Waals surface area (Å²) in [5, 5.41) is 34.1. The lowest BCUT2D eigenvalue weighted by atomic mass is 9.89. The van der Waals surface area contributed by atoms with Gasteiger partial charge < -0.3 is 40.9 Å². The van der Waals surface area contributed by atoms with E-state index in [9.17, 15) is 19.7 Å². The van der Waals surface area contributed by atoms with E-state index >= 15 is 0 Å². The first-order valence-electron chi connectivity index (χ1n) is 7.51. The van der Waals surface area contributed by atoms with Gasteiger partial charge in [0.2, 0.25) is 11.6 Å². The maximum Gasteiger partial charge on any atom is 0.392 e. The van der Waals surface area contributed by atoms with Gasteiger partial charge in [-0.15, -0.1) is 0 Å². The Hall–Kier alpha value is -1.78. The summed E-state index contributed by atoms with van der Waals surface area (Å²) in [6.07, 6.45) is -2.13. The number of ether oxygens (including phenoxy) is 1. The number of carbonyl (C=O) groups excluding carboxylic acids is 1. The lowest BCUT2D eigenvalue weighted by molar-refractivity contribution is -0.106. The number of nitrogens with two attached hydrogens (primary N) is 2. The van der Waals surface area contributed by atoms with Crippen molar-refractivity contribution < 1.29 is 38.8 Å². The lowest BCUT2D eigenvalue weighted by Crippen LogP contribution is -2.49. The molecule has 1 aliphatic rings. The van der Waals surface area contributed by atoms with E-state index in [4.69, 9.17) is 36.0 Å². The van der Waals surface area contributed by atoms with E-state index in [2.05, 4.69) is 4.99 Å². The van der Waals surface area contributed by atoms with Crippen molar-refractivity contribution in [3.63, 3.8) is 0 Å². The topological polar surface area (TPSA) is 222 Å². The van der Waals surface area contributed by atoms with Crippen molar-refractivity contribution in [3.05, 3.63) is 11.6 Å². The Morgan fingerprint density at radius 3 is 2.50 bits per heavy atom. The lowest BCUT2D eigenvalue weighted by Gasteiger charge is -2.38. The fraction of sp³-hybridized carbons (Fsp3) is 0.692. The molecule has 13 heteroatoms. The van der Waals surface area contributed by atoms with Crippen molar-refractivity contribution in [1.29, 1.82) is 5.41 Å². The predicted molar refractivity (Wildman–Crippen MR) is 90.7 cm³/mol. The Morgan fingerprint density at radius 1 is 1.54 bits per heavy atom. The average molecular weight is 396 g/mol. The molecule has 9 N–H and O–H groups in total. The highest BCUT2D eigenvalue weighted by Crippen LogP contribution is 2.54. The van der Waals surface area contributed by atoms with E-state index in [0.717, 1.165) is 6.08 Å². The second-order valence-electron chi connectivity index (χ2n) is 5.27. The molecule has 1 heterocycles. The molecular formula is C13H25N4O8P. The number of aliphatic hydroxyl groups excluding tert-OH is 3. The first kappa shape index (κ1) is 24.2. The standard InChI is InChI=1S/C12H24N3O7P.CHNO/c1-3-21-23(19,20)9-4-7(15-12(13)14)6(2)11(22-9)10(18)8(17)5-16;2-1-3/h4,6-8,10-11,16-18H,3,5H2,1-2H3,(H,19,20)(H4,13,14,15);2H/t6-,7+,8-,10-,11-;/m1./s1. The van der Waals surface area contributed by atoms with Crippen LogP contribution < -0.4 is 11.5 Å². The molecule has 0 saturated heterocycles. The third kappa shape index (κ3) is 6.85. The number of nitrogens with zero attached hydrogens (tertiary/aromatic N) is 1. The molecule has 150 valence electrons. The summed E-state index contributed by atoms with van der Waals surface area (Å²) in [6, 6.07) is -0.768. The molecule has 0 aromatic heterocycles. The van der Waals surface area contributed by atoms with Crippen LogP contribution in [0.1, 0.15) is 13.8 Å². The van der Waals surface area contributed by atoms with Gasteiger partial charge >= 0.3 is 7.60 Å². The van der Waals surface area contributed by atoms with Crippen LogP contribution in [0.4, 0.5) is 0 Å². The Morgan fingerprint density at radius 2 is 2.08 bits per heavy atom. The van der Waals surface area contributed by atoms with Crippen LogP contribution in [0.3, 0.4) is 0 Å². The van der Waals surface area contributed by atoms with Crippen molar-refractivity contribution >= 4 is 19.6 Å². The molecule has 1 unspecified atom stereocenters. The zero-order valence-corrected chi connectivity index (χ0v) is 15.2. The Labute approximate surface area is 150 Å². The van der Waals surface area contributed by atoms with E-state index in [0.29, 0.717) is 0 Å². The highest BCUT2D eigenvalue weighted by molar-refractivity contribution is 7.57. The van der Waals surface area contributed by atoms with Crippen molar-refractivity contribution in [3.8, 4) is 0 Å². The summed E-state index contributed by atoms with van der Waals surface area (Å²) in [5.74, 6) is -0.793. The summed E-state index contributed by atoms with van der Waals surface area (Å²) >= 11 is 0. The van der Waals surface area contributed by atoms with E-state index in [1.54, 1.807) is 6.92 Å². The normalized spacial score (nSPS) is 26.5. The van der Waals surface area contributed by atoms with Crippen LogP contribution in [0, 0.1) is 11.3 Å². The number of rotatable bonds is 7. The number of aliphatic imine (C=N–C) groups is 1. The number of isocyanates is 1. The van der Waals surface area contributed by atoms with Gasteiger partial charge in [0, 0.05) is 5.92 Å². The molecule has 0 amide bonds. The van der Waals surface area contributed by atoms with Crippen molar-refractivity contribution in [2.45, 2.75) is 38.2 Å². The van der Waals surface area contributed by atoms with E-state index in [1.165, 1.54) is 13.0 Å². The summed E-state index contributed by atoms with van der Waals surface area (Å²) in [4.78, 5) is 22.2. The van der Waals surface area contributed by atoms with Crippen LogP contribution in [-0.2, 0) is 18.6 Å². The van der Waals surface area contributed by atoms with Gasteiger partial charge in [-0.2, -0.15) is 0 Å². The zero-order valence-electron chi connectivity index (χ0n) is 14.3. The highest BCUT2D eigenvalue weighted by Gasteiger charge is 2.43. The monoisotopic (exact) mass is 396 g/mol. The molecule has 0 fully saturated rings. The Balaban J connectivity index is 0.00000194. The van der Waals surface area contributed by atoms with Gasteiger partial charge in [0.25, 0.3) is 0 Å². The largest absolute Gasteiger partial charge is 0.479 e. The molecule has 0 spiro atoms. The third-order valence-corrected chi connectivity index (χ3v) is 4.85. The predicted octanol–water partition coefficient (Wildman–Crippen LogP) is -1.66. The molecule has 1 rings (SSSR count). The van der Waals surface area contributed by atoms with Gasteiger partial charge in [-0.1, -0.05) is 6.92 Å². The molecule has 0 aliphatic carbocycles. The smallest absolute Gasteiger partial charge is 0.392 e. The highest BCUT2D eigenvalue weighted by atomic mass is 31.2. The van der Waals surface area contributed by atoms with E-state index in [-0.39, 0.29) is 12.6 Å². The third-order valence-electron chi connectivity index (χ3n) is 3.43. The first-order chi connectivity index (χ1) is 12.0. The van der Waals surface area contributed by atoms with Crippen LogP contribution >= 0.6 is 7.60 Å². The molecule has 0 aromatic carbocycles. The van der Waals surface area contributed by atoms with E-state index < -0.39 is 50.0 Å². The molecule has 12 nitrogen and oxygen atoms in total. The van der Waals surface area contributed by atoms with Crippen LogP contribution in [0.15, 0.2) is 16.6 Å². The number of nitrogens with one attached hydrogen (secondary N) is 1. The fourth-order valence-electron chi connectivity index (χ4n) is 2.21. The van der Waals surface area contributed by atoms with Crippen LogP contribution in [0.25, 0.3) is 0 Å². The molecule has 26 heavy (non-hydrogen) atoms. The summed E-state index contributed by atoms with van der Waals surface area (Å²) in [6.45, 7) is 2.42. The van der Waals surface area contributed by atoms with Gasteiger partial charge in [-0.3, -0.25) is 4.57 Å². The van der Waals surface area contributed by atoms with Gasteiger partial charge in [0.05, 0.1) is 19.3 Å². The summed E-state index contributed by atoms with van der Waals surface area (Å²) < 4.78 is 22.3. The van der Waals surface area contributed by atoms with Gasteiger partial charge in [0.15, 0.2) is 5.96 Å². The zero-order chi connectivity index (χ0) is 20.5. The van der Waals surface area contributed by atoms with Crippen LogP contribution in [0.2, 0.25) is 0 Å². The first-order valence-corrected chi connectivity index (χ1v) is 9.09. The molecule has 0 aromatic rings. The summed E-state index contributed by atoms with van der Waals surface area (Å²) in [5.41, 5.74) is 10.3. The SMILES string of the molecule is CCOP(=O)(O)C1=C[C@H](N=C(N)N)[C@@H](C)[C@H]([C@H](O)[C@H](O)CO)O1.N=C=O. The van der Waals surface area contributed by atoms with Gasteiger partial charge in [0.1, 0.15) is 18.3 Å². The molecule has 0 saturated carbocycles. The minimum atomic E-state index is -4.26. The number of aliphatic hydroxyl groups is 3. The molecule has 6 atom stereocenters. The fourth-order valence-corrected chi connectivity index (χ4v) is 3.29. The molecule has 1 aliphatic heterocycles. The Kier molecular flexibility index (Phi) is 10.3. The molecule has 0 radical (unpaired) electrons. The van der Waals surface area contributed by atoms with E-state index in [1.807, 2.05) is 0 Å². The van der Waals surface area contributed by atoms with Crippen molar-refractivity contribution in [2.75, 3.05) is 13.2 Å². The molecule has 0 bridgehead atoms. The average Bonchev–Trinajstić information content (AvgIpc) is 2.55. The quantitative estimate of drug-likeness (QED) is 0.112. The van der Waals surface area contributed by atoms with Gasteiger partial charge in [-0.25, -0.2) is 15.2 Å². The number of guanidine groups is 1. The second-order valence-corrected chi connectivity index (χ2v) is 7.01. The van der Waals surface area contributed by atoms with Crippen LogP contribution in [-0.4, -0.2) is 69.8 Å². The summed E-state index contributed by atoms with van der Waals surface area (Å²) in [7, 11) is -4.26. The molecular weight excluding hydrogens is 371 g/mol. The Bertz CT molecular complexity index is 589. The maximum atomic E-state index is 12.2. The maximum absolute atomic E-state index is 12.2. The second kappa shape index (κ2) is 11.0.